The second kappa shape index (κ2) is 9.47. The Morgan fingerprint density at radius 3 is 2.47 bits per heavy atom. The van der Waals surface area contributed by atoms with Gasteiger partial charge in [0.25, 0.3) is 5.91 Å². The van der Waals surface area contributed by atoms with E-state index in [1.165, 1.54) is 6.42 Å². The minimum absolute atomic E-state index is 0.201. The molecule has 7 heteroatoms. The third kappa shape index (κ3) is 4.83. The van der Waals surface area contributed by atoms with Gasteiger partial charge < -0.3 is 26.0 Å². The minimum atomic E-state index is -0.403. The molecule has 2 aliphatic rings. The fourth-order valence-electron chi connectivity index (χ4n) is 4.70. The molecule has 4 N–H and O–H groups in total. The highest BCUT2D eigenvalue weighted by Crippen LogP contribution is 2.50. The summed E-state index contributed by atoms with van der Waals surface area (Å²) in [4.78, 5) is 27.2. The summed E-state index contributed by atoms with van der Waals surface area (Å²) in [5.74, 6) is 1.04. The zero-order valence-electron chi connectivity index (χ0n) is 18.8. The molecule has 2 fully saturated rings. The third-order valence-electron chi connectivity index (χ3n) is 6.64. The molecule has 3 atom stereocenters. The van der Waals surface area contributed by atoms with Gasteiger partial charge in [0.1, 0.15) is 6.61 Å². The summed E-state index contributed by atoms with van der Waals surface area (Å²) in [6.07, 6.45) is 0.793. The Balaban J connectivity index is 1.17. The zero-order valence-corrected chi connectivity index (χ0v) is 18.8. The highest BCUT2D eigenvalue weighted by Gasteiger charge is 2.52. The van der Waals surface area contributed by atoms with Crippen LogP contribution < -0.4 is 21.3 Å². The molecule has 7 nitrogen and oxygen atoms in total. The summed E-state index contributed by atoms with van der Waals surface area (Å²) in [7, 11) is 0. The largest absolute Gasteiger partial charge is 0.445 e. The lowest BCUT2D eigenvalue weighted by atomic mass is 10.1. The number of carbonyl (C=O) groups is 2. The topological polar surface area (TPSA) is 96.7 Å². The van der Waals surface area contributed by atoms with Crippen LogP contribution >= 0.6 is 0 Å². The van der Waals surface area contributed by atoms with Gasteiger partial charge in [0.15, 0.2) is 0 Å². The van der Waals surface area contributed by atoms with Crippen LogP contribution in [0.3, 0.4) is 0 Å². The van der Waals surface area contributed by atoms with E-state index in [1.807, 2.05) is 66.7 Å². The van der Waals surface area contributed by atoms with Crippen LogP contribution in [0.5, 0.6) is 0 Å². The van der Waals surface area contributed by atoms with Crippen LogP contribution in [-0.2, 0) is 11.3 Å². The summed E-state index contributed by atoms with van der Waals surface area (Å²) in [6, 6.07) is 24.6. The quantitative estimate of drug-likeness (QED) is 0.462. The van der Waals surface area contributed by atoms with Gasteiger partial charge in [0, 0.05) is 30.4 Å². The van der Waals surface area contributed by atoms with Crippen molar-refractivity contribution >= 4 is 29.1 Å². The molecule has 0 radical (unpaired) electrons. The Morgan fingerprint density at radius 1 is 0.971 bits per heavy atom. The summed E-state index contributed by atoms with van der Waals surface area (Å²) < 4.78 is 5.36. The lowest BCUT2D eigenvalue weighted by Crippen LogP contribution is -2.43. The molecule has 1 saturated heterocycles. The normalized spacial score (nSPS) is 20.4. The number of para-hydroxylation sites is 2. The molecule has 0 spiro atoms. The van der Waals surface area contributed by atoms with Crippen molar-refractivity contribution in [3.05, 3.63) is 90.0 Å². The van der Waals surface area contributed by atoms with Gasteiger partial charge >= 0.3 is 6.09 Å². The van der Waals surface area contributed by atoms with E-state index in [-0.39, 0.29) is 18.6 Å². The van der Waals surface area contributed by atoms with E-state index in [0.29, 0.717) is 35.3 Å². The molecule has 174 valence electrons. The van der Waals surface area contributed by atoms with E-state index >= 15 is 0 Å². The number of ether oxygens (including phenoxy) is 1. The van der Waals surface area contributed by atoms with E-state index in [0.717, 1.165) is 17.8 Å². The number of hydrogen-bond donors (Lipinski definition) is 3. The number of anilines is 3. The first-order valence-corrected chi connectivity index (χ1v) is 11.6. The van der Waals surface area contributed by atoms with E-state index < -0.39 is 6.09 Å². The molecular formula is C27H28N4O3. The third-order valence-corrected chi connectivity index (χ3v) is 6.64. The minimum Gasteiger partial charge on any atom is -0.445 e. The molecule has 0 aromatic heterocycles. The van der Waals surface area contributed by atoms with Crippen LogP contribution in [0.15, 0.2) is 78.9 Å². The van der Waals surface area contributed by atoms with Gasteiger partial charge in [-0.1, -0.05) is 42.5 Å². The maximum absolute atomic E-state index is 12.6. The Labute approximate surface area is 198 Å². The van der Waals surface area contributed by atoms with Crippen molar-refractivity contribution in [3.63, 3.8) is 0 Å². The van der Waals surface area contributed by atoms with Crippen LogP contribution in [0.25, 0.3) is 0 Å². The first kappa shape index (κ1) is 21.8. The number of nitrogens with one attached hydrogen (secondary N) is 2. The molecule has 3 aromatic rings. The molecular weight excluding hydrogens is 428 g/mol. The van der Waals surface area contributed by atoms with Crippen molar-refractivity contribution in [1.82, 2.24) is 5.32 Å². The molecule has 1 heterocycles. The van der Waals surface area contributed by atoms with Crippen LogP contribution in [0.1, 0.15) is 22.3 Å². The molecule has 0 bridgehead atoms. The highest BCUT2D eigenvalue weighted by molar-refractivity contribution is 6.05. The average Bonchev–Trinajstić information content (AvgIpc) is 3.55. The Morgan fingerprint density at radius 2 is 1.71 bits per heavy atom. The fourth-order valence-corrected chi connectivity index (χ4v) is 4.70. The lowest BCUT2D eigenvalue weighted by Gasteiger charge is -2.30. The standard InChI is InChI=1S/C27H28N4O3/c28-23-8-4-5-9-24(23)30-26(32)19-10-12-21(13-11-19)31-16-20-14-22(20)25(31)15-29-27(33)34-17-18-6-2-1-3-7-18/h1-13,20,22,25H,14-17,28H2,(H,29,33)(H,30,32). The maximum Gasteiger partial charge on any atom is 0.407 e. The molecule has 3 aromatic carbocycles. The van der Waals surface area contributed by atoms with Crippen LogP contribution in [-0.4, -0.2) is 31.1 Å². The number of hydrogen-bond acceptors (Lipinski definition) is 5. The number of benzene rings is 3. The summed E-state index contributed by atoms with van der Waals surface area (Å²) in [6.45, 7) is 1.75. The molecule has 1 aliphatic heterocycles. The number of rotatable bonds is 7. The molecule has 3 unspecified atom stereocenters. The average molecular weight is 457 g/mol. The van der Waals surface area contributed by atoms with Gasteiger partial charge in [-0.3, -0.25) is 4.79 Å². The first-order chi connectivity index (χ1) is 16.6. The van der Waals surface area contributed by atoms with E-state index in [9.17, 15) is 9.59 Å². The van der Waals surface area contributed by atoms with Crippen LogP contribution in [0.2, 0.25) is 0 Å². The predicted molar refractivity (Wildman–Crippen MR) is 133 cm³/mol. The number of carbonyl (C=O) groups excluding carboxylic acids is 2. The van der Waals surface area contributed by atoms with Gasteiger partial charge in [-0.05, 0) is 60.2 Å². The summed E-state index contributed by atoms with van der Waals surface area (Å²) >= 11 is 0. The van der Waals surface area contributed by atoms with Gasteiger partial charge in [-0.15, -0.1) is 0 Å². The van der Waals surface area contributed by atoms with Crippen molar-refractivity contribution in [2.75, 3.05) is 29.0 Å². The lowest BCUT2D eigenvalue weighted by molar-refractivity contribution is 0.102. The highest BCUT2D eigenvalue weighted by atomic mass is 16.5. The Bertz CT molecular complexity index is 1170. The fraction of sp³-hybridized carbons (Fsp3) is 0.259. The molecule has 1 aliphatic carbocycles. The Hall–Kier alpha value is -4.00. The summed E-state index contributed by atoms with van der Waals surface area (Å²) in [5.41, 5.74) is 9.63. The number of nitrogens with zero attached hydrogens (tertiary/aromatic N) is 1. The molecule has 5 rings (SSSR count). The maximum atomic E-state index is 12.6. The number of piperidine rings is 1. The van der Waals surface area contributed by atoms with Crippen molar-refractivity contribution < 1.29 is 14.3 Å². The monoisotopic (exact) mass is 456 g/mol. The zero-order chi connectivity index (χ0) is 23.5. The van der Waals surface area contributed by atoms with Crippen LogP contribution in [0, 0.1) is 11.8 Å². The number of fused-ring (bicyclic) bond motifs is 1. The number of amides is 2. The SMILES string of the molecule is Nc1ccccc1NC(=O)c1ccc(N2CC3CC3C2CNC(=O)OCc2ccccc2)cc1. The molecule has 2 amide bonds. The summed E-state index contributed by atoms with van der Waals surface area (Å²) in [5, 5.41) is 5.79. The smallest absolute Gasteiger partial charge is 0.407 e. The van der Waals surface area contributed by atoms with E-state index in [1.54, 1.807) is 12.1 Å². The number of alkyl carbamates (subject to hydrolysis) is 1. The van der Waals surface area contributed by atoms with E-state index in [4.69, 9.17) is 10.5 Å². The van der Waals surface area contributed by atoms with Crippen LogP contribution in [0.4, 0.5) is 21.9 Å². The van der Waals surface area contributed by atoms with Gasteiger partial charge in [-0.2, -0.15) is 0 Å². The van der Waals surface area contributed by atoms with Gasteiger partial charge in [0.2, 0.25) is 0 Å². The predicted octanol–water partition coefficient (Wildman–Crippen LogP) is 4.27. The van der Waals surface area contributed by atoms with Crippen molar-refractivity contribution in [1.29, 1.82) is 0 Å². The number of nitrogen functional groups attached to an aromatic ring is 1. The van der Waals surface area contributed by atoms with E-state index in [2.05, 4.69) is 15.5 Å². The Kier molecular flexibility index (Phi) is 6.08. The number of nitrogens with two attached hydrogens (primary N) is 1. The molecule has 1 saturated carbocycles. The van der Waals surface area contributed by atoms with Crippen molar-refractivity contribution in [3.8, 4) is 0 Å². The van der Waals surface area contributed by atoms with Gasteiger partial charge in [0.05, 0.1) is 11.4 Å². The van der Waals surface area contributed by atoms with Crippen molar-refractivity contribution in [2.45, 2.75) is 19.1 Å². The second-order valence-corrected chi connectivity index (χ2v) is 8.91. The second-order valence-electron chi connectivity index (χ2n) is 8.91. The van der Waals surface area contributed by atoms with Crippen molar-refractivity contribution in [2.24, 2.45) is 11.8 Å². The first-order valence-electron chi connectivity index (χ1n) is 11.6. The molecule has 34 heavy (non-hydrogen) atoms. The van der Waals surface area contributed by atoms with Gasteiger partial charge in [-0.25, -0.2) is 4.79 Å².